The molecule has 2 aliphatic carbocycles. The average Bonchev–Trinajstić information content (AvgIpc) is 2.60. The highest BCUT2D eigenvalue weighted by molar-refractivity contribution is 6.07. The van der Waals surface area contributed by atoms with Crippen LogP contribution in [0.1, 0.15) is 52.7 Å². The van der Waals surface area contributed by atoms with Gasteiger partial charge in [-0.2, -0.15) is 0 Å². The van der Waals surface area contributed by atoms with Crippen molar-refractivity contribution in [2.24, 2.45) is 16.7 Å². The van der Waals surface area contributed by atoms with E-state index in [-0.39, 0.29) is 16.2 Å². The fourth-order valence-corrected chi connectivity index (χ4v) is 5.34. The predicted molar refractivity (Wildman–Crippen MR) is 89.2 cm³/mol. The first kappa shape index (κ1) is 14.6. The second-order valence-corrected chi connectivity index (χ2v) is 7.70. The van der Waals surface area contributed by atoms with Crippen LogP contribution in [0.25, 0.3) is 0 Å². The standard InChI is InChI=1S/C20H26O/c1-12-8-10-16(11-9-12)19(6)17(21)18(5)14(3)13(2)15(4)20(18,19)7/h8-11,15H,1-7H3/p+1. The van der Waals surface area contributed by atoms with E-state index in [1.165, 1.54) is 22.3 Å². The van der Waals surface area contributed by atoms with Gasteiger partial charge in [0.05, 0.1) is 0 Å². The van der Waals surface area contributed by atoms with Crippen molar-refractivity contribution >= 4 is 5.78 Å². The SMILES string of the molecule is CC1=C(C)C2(C)C(=[OH+])C(C)(c3ccc(C)cc3)C2(C)C1C. The zero-order valence-corrected chi connectivity index (χ0v) is 14.3. The maximum Gasteiger partial charge on any atom is 0.314 e. The molecular formula is C20H27O+. The topological polar surface area (TPSA) is 21.4 Å². The highest BCUT2D eigenvalue weighted by Gasteiger charge is 2.83. The lowest BCUT2D eigenvalue weighted by Crippen LogP contribution is -2.73. The molecule has 1 fully saturated rings. The second kappa shape index (κ2) is 3.88. The van der Waals surface area contributed by atoms with Gasteiger partial charge in [-0.25, -0.2) is 0 Å². The van der Waals surface area contributed by atoms with E-state index in [0.717, 1.165) is 0 Å². The van der Waals surface area contributed by atoms with E-state index in [4.69, 9.17) is 0 Å². The molecule has 4 atom stereocenters. The van der Waals surface area contributed by atoms with Crippen LogP contribution in [0, 0.1) is 23.7 Å². The number of fused-ring (bicyclic) bond motifs is 1. The minimum absolute atomic E-state index is 0.0352. The minimum Gasteiger partial charge on any atom is -0.282 e. The third kappa shape index (κ3) is 1.23. The number of hydrogen-bond donors (Lipinski definition) is 0. The number of carbonyl (C=O) groups excluding carboxylic acids is 1. The van der Waals surface area contributed by atoms with E-state index >= 15 is 0 Å². The van der Waals surface area contributed by atoms with Gasteiger partial charge in [0, 0.05) is 5.41 Å². The predicted octanol–water partition coefficient (Wildman–Crippen LogP) is 4.81. The molecule has 0 saturated heterocycles. The van der Waals surface area contributed by atoms with Crippen molar-refractivity contribution < 1.29 is 4.79 Å². The van der Waals surface area contributed by atoms with E-state index < -0.39 is 0 Å². The molecule has 0 bridgehead atoms. The van der Waals surface area contributed by atoms with Gasteiger partial charge in [0.1, 0.15) is 10.8 Å². The van der Waals surface area contributed by atoms with Crippen molar-refractivity contribution in [1.82, 2.24) is 0 Å². The molecule has 2 aliphatic rings. The van der Waals surface area contributed by atoms with Crippen LogP contribution in [0.5, 0.6) is 0 Å². The van der Waals surface area contributed by atoms with Crippen LogP contribution in [-0.2, 0) is 5.41 Å². The Bertz CT molecular complexity index is 666. The van der Waals surface area contributed by atoms with Crippen LogP contribution in [-0.4, -0.2) is 10.6 Å². The summed E-state index contributed by atoms with van der Waals surface area (Å²) < 4.78 is 0. The van der Waals surface area contributed by atoms with Crippen molar-refractivity contribution in [3.63, 3.8) is 0 Å². The van der Waals surface area contributed by atoms with E-state index in [9.17, 15) is 4.79 Å². The maximum absolute atomic E-state index is 11.1. The third-order valence-electron chi connectivity index (χ3n) is 7.51. The molecule has 0 aromatic heterocycles. The average molecular weight is 283 g/mol. The van der Waals surface area contributed by atoms with Crippen LogP contribution in [0.15, 0.2) is 35.4 Å². The van der Waals surface area contributed by atoms with Gasteiger partial charge in [-0.15, -0.1) is 0 Å². The molecule has 1 aromatic carbocycles. The number of hydrogen-bond acceptors (Lipinski definition) is 0. The molecule has 0 aliphatic heterocycles. The molecule has 0 amide bonds. The zero-order chi connectivity index (χ0) is 15.8. The summed E-state index contributed by atoms with van der Waals surface area (Å²) >= 11 is 0. The van der Waals surface area contributed by atoms with E-state index in [2.05, 4.69) is 72.7 Å². The van der Waals surface area contributed by atoms with Gasteiger partial charge in [-0.1, -0.05) is 54.8 Å². The molecule has 4 unspecified atom stereocenters. The normalized spacial score (nSPS) is 42.0. The van der Waals surface area contributed by atoms with Crippen LogP contribution in [0.3, 0.4) is 0 Å². The Hall–Kier alpha value is -1.37. The van der Waals surface area contributed by atoms with Crippen molar-refractivity contribution in [3.05, 3.63) is 46.5 Å². The molecule has 1 saturated carbocycles. The number of benzene rings is 1. The molecule has 0 heterocycles. The van der Waals surface area contributed by atoms with Gasteiger partial charge in [-0.05, 0) is 46.1 Å². The summed E-state index contributed by atoms with van der Waals surface area (Å²) in [5, 5.41) is 0. The summed E-state index contributed by atoms with van der Waals surface area (Å²) in [5.74, 6) is 1.12. The Balaban J connectivity index is 2.20. The third-order valence-corrected chi connectivity index (χ3v) is 7.51. The largest absolute Gasteiger partial charge is 0.314 e. The smallest absolute Gasteiger partial charge is 0.282 e. The molecule has 21 heavy (non-hydrogen) atoms. The fraction of sp³-hybridized carbons (Fsp3) is 0.550. The van der Waals surface area contributed by atoms with Gasteiger partial charge in [0.15, 0.2) is 0 Å². The Morgan fingerprint density at radius 1 is 0.905 bits per heavy atom. The molecule has 112 valence electrons. The highest BCUT2D eigenvalue weighted by atomic mass is 16.1. The van der Waals surface area contributed by atoms with Crippen LogP contribution < -0.4 is 0 Å². The molecule has 1 N–H and O–H groups in total. The maximum atomic E-state index is 11.1. The van der Waals surface area contributed by atoms with E-state index in [1.807, 2.05) is 0 Å². The molecule has 1 nitrogen and oxygen atoms in total. The van der Waals surface area contributed by atoms with Crippen molar-refractivity contribution in [2.45, 2.75) is 53.9 Å². The lowest BCUT2D eigenvalue weighted by Gasteiger charge is -2.62. The van der Waals surface area contributed by atoms with Gasteiger partial charge in [0.25, 0.3) is 0 Å². The summed E-state index contributed by atoms with van der Waals surface area (Å²) in [7, 11) is 0. The van der Waals surface area contributed by atoms with Crippen molar-refractivity contribution in [2.75, 3.05) is 0 Å². The zero-order valence-electron chi connectivity index (χ0n) is 14.3. The van der Waals surface area contributed by atoms with Gasteiger partial charge >= 0.3 is 5.78 Å². The van der Waals surface area contributed by atoms with Crippen molar-refractivity contribution in [3.8, 4) is 0 Å². The van der Waals surface area contributed by atoms with E-state index in [1.54, 1.807) is 0 Å². The van der Waals surface area contributed by atoms with Gasteiger partial charge < -0.3 is 0 Å². The lowest BCUT2D eigenvalue weighted by molar-refractivity contribution is -0.00110. The molecule has 0 spiro atoms. The summed E-state index contributed by atoms with van der Waals surface area (Å²) in [4.78, 5) is 11.1. The van der Waals surface area contributed by atoms with Gasteiger partial charge in [-0.3, -0.25) is 4.79 Å². The Kier molecular flexibility index (Phi) is 2.69. The molecule has 1 aromatic rings. The van der Waals surface area contributed by atoms with Crippen molar-refractivity contribution in [1.29, 1.82) is 0 Å². The fourth-order valence-electron chi connectivity index (χ4n) is 5.34. The molecule has 1 heteroatoms. The highest BCUT2D eigenvalue weighted by Crippen LogP contribution is 2.75. The Morgan fingerprint density at radius 3 is 1.95 bits per heavy atom. The minimum atomic E-state index is -0.270. The number of rotatable bonds is 1. The van der Waals surface area contributed by atoms with Gasteiger partial charge in [0.2, 0.25) is 0 Å². The quantitative estimate of drug-likeness (QED) is 0.521. The number of aryl methyl sites for hydroxylation is 1. The van der Waals surface area contributed by atoms with Crippen LogP contribution >= 0.6 is 0 Å². The van der Waals surface area contributed by atoms with E-state index in [0.29, 0.717) is 11.7 Å². The summed E-state index contributed by atoms with van der Waals surface area (Å²) in [6.45, 7) is 15.7. The molecular weight excluding hydrogens is 256 g/mol. The second-order valence-electron chi connectivity index (χ2n) is 7.70. The summed E-state index contributed by atoms with van der Waals surface area (Å²) in [6, 6.07) is 8.68. The number of ketones is 1. The monoisotopic (exact) mass is 283 g/mol. The first-order valence-corrected chi connectivity index (χ1v) is 7.95. The Morgan fingerprint density at radius 2 is 1.43 bits per heavy atom. The Labute approximate surface area is 128 Å². The first-order chi connectivity index (χ1) is 9.63. The first-order valence-electron chi connectivity index (χ1n) is 7.95. The lowest BCUT2D eigenvalue weighted by atomic mass is 9.34. The van der Waals surface area contributed by atoms with Crippen LogP contribution in [0.2, 0.25) is 0 Å². The summed E-state index contributed by atoms with van der Waals surface area (Å²) in [5.41, 5.74) is 4.89. The molecule has 3 rings (SSSR count). The molecule has 0 radical (unpaired) electrons. The summed E-state index contributed by atoms with van der Waals surface area (Å²) in [6.07, 6.45) is 0. The van der Waals surface area contributed by atoms with Crippen LogP contribution in [0.4, 0.5) is 0 Å². The number of allylic oxidation sites excluding steroid dienone is 2.